The van der Waals surface area contributed by atoms with Crippen LogP contribution in [0.1, 0.15) is 70.7 Å². The van der Waals surface area contributed by atoms with E-state index >= 15 is 0 Å². The van der Waals surface area contributed by atoms with E-state index in [0.717, 1.165) is 22.4 Å². The van der Waals surface area contributed by atoms with Gasteiger partial charge in [-0.05, 0) is 40.5 Å². The van der Waals surface area contributed by atoms with Crippen LogP contribution in [0.3, 0.4) is 0 Å². The maximum atomic E-state index is 6.72. The highest BCUT2D eigenvalue weighted by molar-refractivity contribution is 7.42. The highest BCUT2D eigenvalue weighted by atomic mass is 31.2. The Bertz CT molecular complexity index is 1040. The van der Waals surface area contributed by atoms with Crippen LogP contribution < -0.4 is 4.52 Å². The van der Waals surface area contributed by atoms with Gasteiger partial charge >= 0.3 is 8.60 Å². The second-order valence-corrected chi connectivity index (χ2v) is 11.9. The van der Waals surface area contributed by atoms with Crippen molar-refractivity contribution >= 4 is 8.60 Å². The molecule has 2 atom stereocenters. The van der Waals surface area contributed by atoms with Gasteiger partial charge in [0, 0.05) is 5.56 Å². The fraction of sp³-hybridized carbons (Fsp3) is 0.379. The molecule has 174 valence electrons. The minimum atomic E-state index is -1.60. The molecule has 1 heterocycles. The number of hydrogen-bond acceptors (Lipinski definition) is 3. The molecule has 3 aromatic rings. The van der Waals surface area contributed by atoms with Crippen LogP contribution in [0, 0.1) is 0 Å². The zero-order valence-electron chi connectivity index (χ0n) is 20.8. The Morgan fingerprint density at radius 3 is 1.79 bits per heavy atom. The van der Waals surface area contributed by atoms with E-state index in [4.69, 9.17) is 13.6 Å². The van der Waals surface area contributed by atoms with Crippen molar-refractivity contribution in [1.29, 1.82) is 0 Å². The molecule has 0 aromatic heterocycles. The first-order valence-corrected chi connectivity index (χ1v) is 12.7. The molecule has 1 fully saturated rings. The predicted molar refractivity (Wildman–Crippen MR) is 137 cm³/mol. The van der Waals surface area contributed by atoms with Crippen molar-refractivity contribution in [3.05, 3.63) is 101 Å². The molecule has 1 aliphatic heterocycles. The van der Waals surface area contributed by atoms with E-state index in [1.807, 2.05) is 36.4 Å². The Morgan fingerprint density at radius 2 is 1.30 bits per heavy atom. The summed E-state index contributed by atoms with van der Waals surface area (Å²) < 4.78 is 19.6. The summed E-state index contributed by atoms with van der Waals surface area (Å²) >= 11 is 0. The summed E-state index contributed by atoms with van der Waals surface area (Å²) in [6, 6.07) is 27.1. The topological polar surface area (TPSA) is 27.7 Å². The highest BCUT2D eigenvalue weighted by Crippen LogP contribution is 2.60. The first-order valence-electron chi connectivity index (χ1n) is 11.6. The van der Waals surface area contributed by atoms with Gasteiger partial charge in [0.05, 0.1) is 0 Å². The largest absolute Gasteiger partial charge is 0.426 e. The van der Waals surface area contributed by atoms with Gasteiger partial charge < -0.3 is 4.52 Å². The minimum absolute atomic E-state index is 0.0640. The smallest absolute Gasteiger partial charge is 0.398 e. The zero-order chi connectivity index (χ0) is 23.9. The van der Waals surface area contributed by atoms with Crippen molar-refractivity contribution in [2.45, 2.75) is 71.0 Å². The predicted octanol–water partition coefficient (Wildman–Crippen LogP) is 8.27. The van der Waals surface area contributed by atoms with Gasteiger partial charge in [-0.25, -0.2) is 0 Å². The average molecular weight is 463 g/mol. The first kappa shape index (κ1) is 24.0. The van der Waals surface area contributed by atoms with E-state index in [9.17, 15) is 0 Å². The van der Waals surface area contributed by atoms with Crippen LogP contribution >= 0.6 is 8.60 Å². The Labute approximate surface area is 200 Å². The van der Waals surface area contributed by atoms with Crippen LogP contribution in [0.4, 0.5) is 0 Å². The number of hydrogen-bond donors (Lipinski definition) is 0. The van der Waals surface area contributed by atoms with E-state index in [1.54, 1.807) is 0 Å². The van der Waals surface area contributed by atoms with E-state index in [1.165, 1.54) is 5.56 Å². The molecule has 4 rings (SSSR count). The van der Waals surface area contributed by atoms with Gasteiger partial charge in [0.1, 0.15) is 11.9 Å². The Balaban J connectivity index is 1.72. The van der Waals surface area contributed by atoms with Crippen LogP contribution in [-0.2, 0) is 25.5 Å². The quantitative estimate of drug-likeness (QED) is 0.365. The molecule has 0 radical (unpaired) electrons. The van der Waals surface area contributed by atoms with Crippen LogP contribution in [0.5, 0.6) is 5.75 Å². The van der Waals surface area contributed by atoms with Crippen LogP contribution in [-0.4, -0.2) is 6.10 Å². The third kappa shape index (κ3) is 4.73. The molecule has 0 N–H and O–H groups in total. The van der Waals surface area contributed by atoms with Crippen molar-refractivity contribution in [3.8, 4) is 5.75 Å². The monoisotopic (exact) mass is 462 g/mol. The van der Waals surface area contributed by atoms with E-state index in [-0.39, 0.29) is 16.9 Å². The lowest BCUT2D eigenvalue weighted by atomic mass is 9.80. The fourth-order valence-corrected chi connectivity index (χ4v) is 5.76. The highest BCUT2D eigenvalue weighted by Gasteiger charge is 2.53. The van der Waals surface area contributed by atoms with Crippen molar-refractivity contribution in [2.24, 2.45) is 0 Å². The molecule has 33 heavy (non-hydrogen) atoms. The van der Waals surface area contributed by atoms with Gasteiger partial charge in [0.15, 0.2) is 5.60 Å². The molecular formula is C29H35O3P. The summed E-state index contributed by atoms with van der Waals surface area (Å²) in [6.07, 6.45) is -0.208. The van der Waals surface area contributed by atoms with Gasteiger partial charge in [-0.1, -0.05) is 114 Å². The van der Waals surface area contributed by atoms with Crippen LogP contribution in [0.25, 0.3) is 0 Å². The van der Waals surface area contributed by atoms with Gasteiger partial charge in [-0.2, -0.15) is 0 Å². The first-order chi connectivity index (χ1) is 15.5. The van der Waals surface area contributed by atoms with Crippen LogP contribution in [0.2, 0.25) is 0 Å². The zero-order valence-corrected chi connectivity index (χ0v) is 21.6. The lowest BCUT2D eigenvalue weighted by Crippen LogP contribution is -2.36. The second kappa shape index (κ2) is 8.87. The minimum Gasteiger partial charge on any atom is -0.426 e. The van der Waals surface area contributed by atoms with Gasteiger partial charge in [0.2, 0.25) is 0 Å². The van der Waals surface area contributed by atoms with Crippen molar-refractivity contribution in [1.82, 2.24) is 0 Å². The second-order valence-electron chi connectivity index (χ2n) is 10.8. The molecule has 1 saturated heterocycles. The SMILES string of the molecule is CC1OP(Oc2ccc(C(C)(C)C)cc2C(C)(C)C)OC1(c1ccccc1)c1ccccc1. The van der Waals surface area contributed by atoms with Crippen LogP contribution in [0.15, 0.2) is 78.9 Å². The summed E-state index contributed by atoms with van der Waals surface area (Å²) in [6.45, 7) is 15.4. The van der Waals surface area contributed by atoms with Gasteiger partial charge in [-0.15, -0.1) is 0 Å². The van der Waals surface area contributed by atoms with E-state index in [2.05, 4.69) is 90.9 Å². The molecule has 1 aliphatic rings. The molecule has 3 aromatic carbocycles. The molecule has 2 unspecified atom stereocenters. The normalized spacial score (nSPS) is 20.6. The molecule has 0 spiro atoms. The maximum absolute atomic E-state index is 6.72. The van der Waals surface area contributed by atoms with Gasteiger partial charge in [-0.3, -0.25) is 9.05 Å². The fourth-order valence-electron chi connectivity index (χ4n) is 4.31. The lowest BCUT2D eigenvalue weighted by Gasteiger charge is -2.31. The molecule has 4 heteroatoms. The number of benzene rings is 3. The number of rotatable bonds is 4. The van der Waals surface area contributed by atoms with E-state index < -0.39 is 14.2 Å². The Kier molecular flexibility index (Phi) is 6.44. The summed E-state index contributed by atoms with van der Waals surface area (Å²) in [4.78, 5) is 0. The third-order valence-electron chi connectivity index (χ3n) is 6.27. The average Bonchev–Trinajstić information content (AvgIpc) is 3.10. The summed E-state index contributed by atoms with van der Waals surface area (Å²) in [5.74, 6) is 0.825. The summed E-state index contributed by atoms with van der Waals surface area (Å²) in [5, 5.41) is 0. The van der Waals surface area contributed by atoms with Gasteiger partial charge in [0.25, 0.3) is 0 Å². The van der Waals surface area contributed by atoms with E-state index in [0.29, 0.717) is 0 Å². The summed E-state index contributed by atoms with van der Waals surface area (Å²) in [5.41, 5.74) is 3.85. The molecule has 0 saturated carbocycles. The lowest BCUT2D eigenvalue weighted by molar-refractivity contribution is 0.0850. The molecule has 0 amide bonds. The molecule has 0 aliphatic carbocycles. The van der Waals surface area contributed by atoms with Crippen molar-refractivity contribution < 1.29 is 13.6 Å². The molecular weight excluding hydrogens is 427 g/mol. The van der Waals surface area contributed by atoms with Crippen molar-refractivity contribution in [2.75, 3.05) is 0 Å². The standard InChI is InChI=1S/C29H35O3P/c1-21-29(22-14-10-8-11-15-22,23-16-12-9-13-17-23)32-33(30-21)31-26-19-18-24(27(2,3)4)20-25(26)28(5,6)7/h8-21H,1-7H3. The molecule has 3 nitrogen and oxygen atoms in total. The summed E-state index contributed by atoms with van der Waals surface area (Å²) in [7, 11) is -1.60. The maximum Gasteiger partial charge on any atom is 0.398 e. The third-order valence-corrected chi connectivity index (χ3v) is 7.54. The molecule has 0 bridgehead atoms. The Morgan fingerprint density at radius 1 is 0.758 bits per heavy atom. The Hall–Kier alpha value is -2.19. The van der Waals surface area contributed by atoms with Crippen molar-refractivity contribution in [3.63, 3.8) is 0 Å².